The van der Waals surface area contributed by atoms with Gasteiger partial charge in [0.1, 0.15) is 5.82 Å². The van der Waals surface area contributed by atoms with Gasteiger partial charge >= 0.3 is 0 Å². The highest BCUT2D eigenvalue weighted by molar-refractivity contribution is 5.78. The van der Waals surface area contributed by atoms with Gasteiger partial charge in [0.05, 0.1) is 13.0 Å². The van der Waals surface area contributed by atoms with Gasteiger partial charge in [0.2, 0.25) is 5.91 Å². The maximum absolute atomic E-state index is 12.7. The Morgan fingerprint density at radius 2 is 2.11 bits per heavy atom. The summed E-state index contributed by atoms with van der Waals surface area (Å²) in [5, 5.41) is 6.82. The number of hydrogen-bond acceptors (Lipinski definition) is 2. The minimum absolute atomic E-state index is 0.0752. The van der Waals surface area contributed by atoms with E-state index < -0.39 is 0 Å². The normalized spacial score (nSPS) is 10.3. The van der Waals surface area contributed by atoms with E-state index in [4.69, 9.17) is 0 Å². The average Bonchev–Trinajstić information content (AvgIpc) is 2.85. The van der Waals surface area contributed by atoms with E-state index >= 15 is 0 Å². The van der Waals surface area contributed by atoms with Crippen LogP contribution in [-0.4, -0.2) is 22.2 Å². The Morgan fingerprint density at radius 3 is 2.78 bits per heavy atom. The summed E-state index contributed by atoms with van der Waals surface area (Å²) in [5.41, 5.74) is 0.799. The zero-order valence-electron chi connectivity index (χ0n) is 9.84. The molecule has 0 unspecified atom stereocenters. The van der Waals surface area contributed by atoms with Crippen LogP contribution in [0.3, 0.4) is 0 Å². The number of carbonyl (C=O) groups excluding carboxylic acids is 1. The third kappa shape index (κ3) is 3.69. The van der Waals surface area contributed by atoms with Crippen LogP contribution in [0, 0.1) is 5.82 Å². The molecule has 0 aliphatic carbocycles. The number of halogens is 1. The van der Waals surface area contributed by atoms with E-state index in [1.54, 1.807) is 23.0 Å². The lowest BCUT2D eigenvalue weighted by molar-refractivity contribution is -0.120. The third-order valence-corrected chi connectivity index (χ3v) is 2.50. The Balaban J connectivity index is 1.73. The van der Waals surface area contributed by atoms with Gasteiger partial charge in [0, 0.05) is 18.9 Å². The highest BCUT2D eigenvalue weighted by atomic mass is 19.1. The molecule has 0 saturated carbocycles. The van der Waals surface area contributed by atoms with Crippen LogP contribution in [0.5, 0.6) is 0 Å². The summed E-state index contributed by atoms with van der Waals surface area (Å²) < 4.78 is 14.4. The molecule has 0 saturated heterocycles. The highest BCUT2D eigenvalue weighted by Gasteiger charge is 2.03. The topological polar surface area (TPSA) is 46.9 Å². The SMILES string of the molecule is O=C(Cc1ccc(F)cc1)NCCn1cccn1. The van der Waals surface area contributed by atoms with Crippen LogP contribution < -0.4 is 5.32 Å². The van der Waals surface area contributed by atoms with Crippen molar-refractivity contribution in [2.45, 2.75) is 13.0 Å². The smallest absolute Gasteiger partial charge is 0.224 e. The molecule has 1 heterocycles. The van der Waals surface area contributed by atoms with Crippen molar-refractivity contribution in [2.75, 3.05) is 6.54 Å². The molecule has 1 aromatic carbocycles. The van der Waals surface area contributed by atoms with Crippen molar-refractivity contribution in [1.29, 1.82) is 0 Å². The maximum atomic E-state index is 12.7. The van der Waals surface area contributed by atoms with Gasteiger partial charge < -0.3 is 5.32 Å². The number of aromatic nitrogens is 2. The predicted octanol–water partition coefficient (Wildman–Crippen LogP) is 1.38. The van der Waals surface area contributed by atoms with Gasteiger partial charge in [-0.2, -0.15) is 5.10 Å². The van der Waals surface area contributed by atoms with E-state index in [0.29, 0.717) is 13.1 Å². The first kappa shape index (κ1) is 12.3. The first-order chi connectivity index (χ1) is 8.74. The zero-order chi connectivity index (χ0) is 12.8. The van der Waals surface area contributed by atoms with E-state index in [2.05, 4.69) is 10.4 Å². The third-order valence-electron chi connectivity index (χ3n) is 2.50. The van der Waals surface area contributed by atoms with Gasteiger partial charge in [0.15, 0.2) is 0 Å². The molecule has 0 radical (unpaired) electrons. The minimum atomic E-state index is -0.294. The van der Waals surface area contributed by atoms with Gasteiger partial charge in [-0.15, -0.1) is 0 Å². The highest BCUT2D eigenvalue weighted by Crippen LogP contribution is 2.03. The Morgan fingerprint density at radius 1 is 1.33 bits per heavy atom. The van der Waals surface area contributed by atoms with Crippen LogP contribution in [0.15, 0.2) is 42.7 Å². The predicted molar refractivity (Wildman–Crippen MR) is 65.3 cm³/mol. The van der Waals surface area contributed by atoms with Crippen molar-refractivity contribution in [3.63, 3.8) is 0 Å². The van der Waals surface area contributed by atoms with Crippen molar-refractivity contribution in [1.82, 2.24) is 15.1 Å². The lowest BCUT2D eigenvalue weighted by Gasteiger charge is -2.05. The molecule has 2 rings (SSSR count). The molecule has 0 atom stereocenters. The Hall–Kier alpha value is -2.17. The fourth-order valence-corrected chi connectivity index (χ4v) is 1.59. The summed E-state index contributed by atoms with van der Waals surface area (Å²) >= 11 is 0. The molecule has 0 aliphatic heterocycles. The second-order valence-corrected chi connectivity index (χ2v) is 3.92. The van der Waals surface area contributed by atoms with Crippen molar-refractivity contribution in [3.8, 4) is 0 Å². The largest absolute Gasteiger partial charge is 0.354 e. The lowest BCUT2D eigenvalue weighted by atomic mass is 10.1. The molecule has 1 N–H and O–H groups in total. The number of nitrogens with one attached hydrogen (secondary N) is 1. The molecule has 1 amide bonds. The molecule has 18 heavy (non-hydrogen) atoms. The monoisotopic (exact) mass is 247 g/mol. The fourth-order valence-electron chi connectivity index (χ4n) is 1.59. The molecular formula is C13H14FN3O. The maximum Gasteiger partial charge on any atom is 0.224 e. The minimum Gasteiger partial charge on any atom is -0.354 e. The summed E-state index contributed by atoms with van der Waals surface area (Å²) in [5.74, 6) is -0.369. The van der Waals surface area contributed by atoms with Gasteiger partial charge in [-0.3, -0.25) is 9.48 Å². The first-order valence-electron chi connectivity index (χ1n) is 5.72. The van der Waals surface area contributed by atoms with Gasteiger partial charge in [-0.25, -0.2) is 4.39 Å². The molecule has 94 valence electrons. The molecule has 4 nitrogen and oxygen atoms in total. The van der Waals surface area contributed by atoms with E-state index in [1.165, 1.54) is 12.1 Å². The van der Waals surface area contributed by atoms with Crippen LogP contribution in [0.25, 0.3) is 0 Å². The number of amides is 1. The average molecular weight is 247 g/mol. The van der Waals surface area contributed by atoms with E-state index in [-0.39, 0.29) is 18.1 Å². The number of rotatable bonds is 5. The van der Waals surface area contributed by atoms with Crippen molar-refractivity contribution >= 4 is 5.91 Å². The van der Waals surface area contributed by atoms with Gasteiger partial charge in [-0.05, 0) is 23.8 Å². The van der Waals surface area contributed by atoms with Crippen LogP contribution in [-0.2, 0) is 17.8 Å². The summed E-state index contributed by atoms with van der Waals surface area (Å²) in [6.07, 6.45) is 3.80. The molecule has 5 heteroatoms. The number of benzene rings is 1. The summed E-state index contributed by atoms with van der Waals surface area (Å²) in [6.45, 7) is 1.17. The Labute approximate surface area is 104 Å². The van der Waals surface area contributed by atoms with E-state index in [9.17, 15) is 9.18 Å². The fraction of sp³-hybridized carbons (Fsp3) is 0.231. The van der Waals surface area contributed by atoms with Crippen molar-refractivity contribution < 1.29 is 9.18 Å². The van der Waals surface area contributed by atoms with Crippen LogP contribution >= 0.6 is 0 Å². The standard InChI is InChI=1S/C13H14FN3O/c14-12-4-2-11(3-5-12)10-13(18)15-7-9-17-8-1-6-16-17/h1-6,8H,7,9-10H2,(H,15,18). The van der Waals surface area contributed by atoms with Crippen molar-refractivity contribution in [3.05, 3.63) is 54.1 Å². The second kappa shape index (κ2) is 5.95. The van der Waals surface area contributed by atoms with Gasteiger partial charge in [0.25, 0.3) is 0 Å². The molecule has 1 aromatic heterocycles. The van der Waals surface area contributed by atoms with Gasteiger partial charge in [-0.1, -0.05) is 12.1 Å². The number of carbonyl (C=O) groups is 1. The first-order valence-corrected chi connectivity index (χ1v) is 5.72. The summed E-state index contributed by atoms with van der Waals surface area (Å²) in [6, 6.07) is 7.77. The molecule has 0 spiro atoms. The quantitative estimate of drug-likeness (QED) is 0.867. The van der Waals surface area contributed by atoms with E-state index in [1.807, 2.05) is 12.3 Å². The molecule has 0 bridgehead atoms. The molecule has 2 aromatic rings. The second-order valence-electron chi connectivity index (χ2n) is 3.92. The Bertz CT molecular complexity index is 493. The van der Waals surface area contributed by atoms with Crippen molar-refractivity contribution in [2.24, 2.45) is 0 Å². The van der Waals surface area contributed by atoms with E-state index in [0.717, 1.165) is 5.56 Å². The summed E-state index contributed by atoms with van der Waals surface area (Å²) in [7, 11) is 0. The summed E-state index contributed by atoms with van der Waals surface area (Å²) in [4.78, 5) is 11.6. The van der Waals surface area contributed by atoms with Crippen LogP contribution in [0.1, 0.15) is 5.56 Å². The van der Waals surface area contributed by atoms with Crippen LogP contribution in [0.4, 0.5) is 4.39 Å². The molecular weight excluding hydrogens is 233 g/mol. The number of hydrogen-bond donors (Lipinski definition) is 1. The molecule has 0 aliphatic rings. The number of nitrogens with zero attached hydrogens (tertiary/aromatic N) is 2. The zero-order valence-corrected chi connectivity index (χ0v) is 9.84. The lowest BCUT2D eigenvalue weighted by Crippen LogP contribution is -2.28. The van der Waals surface area contributed by atoms with Crippen LogP contribution in [0.2, 0.25) is 0 Å². The Kier molecular flexibility index (Phi) is 4.06. The molecule has 0 fully saturated rings.